The van der Waals surface area contributed by atoms with Crippen molar-refractivity contribution in [3.05, 3.63) is 53.7 Å². The summed E-state index contributed by atoms with van der Waals surface area (Å²) in [4.78, 5) is 21.7. The summed E-state index contributed by atoms with van der Waals surface area (Å²) in [7, 11) is 0. The van der Waals surface area contributed by atoms with Crippen LogP contribution in [0.4, 0.5) is 5.69 Å². The molecule has 1 N–H and O–H groups in total. The van der Waals surface area contributed by atoms with E-state index < -0.39 is 0 Å². The molecule has 0 saturated heterocycles. The Morgan fingerprint density at radius 2 is 2.08 bits per heavy atom. The smallest absolute Gasteiger partial charge is 0.259 e. The van der Waals surface area contributed by atoms with Crippen molar-refractivity contribution in [1.29, 1.82) is 0 Å². The average molecular weight is 348 g/mol. The lowest BCUT2D eigenvalue weighted by molar-refractivity contribution is 0.102. The van der Waals surface area contributed by atoms with Crippen LogP contribution < -0.4 is 5.32 Å². The van der Waals surface area contributed by atoms with Gasteiger partial charge in [0.25, 0.3) is 5.91 Å². The molecule has 0 radical (unpaired) electrons. The first-order chi connectivity index (χ1) is 12.6. The van der Waals surface area contributed by atoms with Crippen LogP contribution in [0.15, 0.2) is 36.7 Å². The number of aromatic nitrogens is 5. The van der Waals surface area contributed by atoms with Gasteiger partial charge in [-0.1, -0.05) is 6.92 Å². The number of amides is 1. The molecule has 1 amide bonds. The summed E-state index contributed by atoms with van der Waals surface area (Å²) in [6.07, 6.45) is 4.13. The Bertz CT molecular complexity index is 1120. The molecule has 0 aliphatic carbocycles. The van der Waals surface area contributed by atoms with Gasteiger partial charge in [-0.3, -0.25) is 4.79 Å². The van der Waals surface area contributed by atoms with Gasteiger partial charge in [0, 0.05) is 30.9 Å². The minimum absolute atomic E-state index is 0.211. The first kappa shape index (κ1) is 16.3. The number of anilines is 1. The lowest BCUT2D eigenvalue weighted by Gasteiger charge is -2.09. The summed E-state index contributed by atoms with van der Waals surface area (Å²) in [6.45, 7) is 6.94. The van der Waals surface area contributed by atoms with Crippen molar-refractivity contribution in [1.82, 2.24) is 24.1 Å². The molecule has 0 unspecified atom stereocenters. The number of nitrogens with one attached hydrogen (secondary N) is 1. The zero-order valence-corrected chi connectivity index (χ0v) is 15.0. The van der Waals surface area contributed by atoms with Crippen molar-refractivity contribution in [2.24, 2.45) is 0 Å². The van der Waals surface area contributed by atoms with Crippen molar-refractivity contribution in [3.63, 3.8) is 0 Å². The lowest BCUT2D eigenvalue weighted by atomic mass is 10.2. The van der Waals surface area contributed by atoms with Crippen molar-refractivity contribution in [2.45, 2.75) is 33.7 Å². The monoisotopic (exact) mass is 348 g/mol. The standard InChI is InChI=1S/C19H20N6O/c1-4-17-23-15-10-13(6-7-16(15)24(17)5-2)22-19(26)14-11-20-18-8-9-21-25(18)12(14)3/h6-11H,4-5H2,1-3H3,(H,22,26). The first-order valence-corrected chi connectivity index (χ1v) is 8.72. The zero-order valence-electron chi connectivity index (χ0n) is 15.0. The van der Waals surface area contributed by atoms with Crippen molar-refractivity contribution in [3.8, 4) is 0 Å². The predicted octanol–water partition coefficient (Wildman–Crippen LogP) is 3.22. The molecule has 1 aromatic carbocycles. The largest absolute Gasteiger partial charge is 0.328 e. The molecule has 26 heavy (non-hydrogen) atoms. The summed E-state index contributed by atoms with van der Waals surface area (Å²) >= 11 is 0. The highest BCUT2D eigenvalue weighted by molar-refractivity contribution is 6.05. The quantitative estimate of drug-likeness (QED) is 0.614. The van der Waals surface area contributed by atoms with Crippen LogP contribution in [-0.4, -0.2) is 30.1 Å². The molecule has 3 aromatic heterocycles. The number of hydrogen-bond donors (Lipinski definition) is 1. The fraction of sp³-hybridized carbons (Fsp3) is 0.263. The van der Waals surface area contributed by atoms with Gasteiger partial charge in [-0.25, -0.2) is 14.5 Å². The van der Waals surface area contributed by atoms with Gasteiger partial charge < -0.3 is 9.88 Å². The summed E-state index contributed by atoms with van der Waals surface area (Å²) < 4.78 is 3.86. The van der Waals surface area contributed by atoms with Crippen LogP contribution in [0.2, 0.25) is 0 Å². The van der Waals surface area contributed by atoms with E-state index in [9.17, 15) is 4.79 Å². The van der Waals surface area contributed by atoms with E-state index in [0.717, 1.165) is 41.2 Å². The van der Waals surface area contributed by atoms with Crippen molar-refractivity contribution >= 4 is 28.3 Å². The molecule has 7 heteroatoms. The molecule has 0 bridgehead atoms. The van der Waals surface area contributed by atoms with E-state index in [1.807, 2.05) is 25.1 Å². The highest BCUT2D eigenvalue weighted by Gasteiger charge is 2.14. The first-order valence-electron chi connectivity index (χ1n) is 8.72. The van der Waals surface area contributed by atoms with Gasteiger partial charge >= 0.3 is 0 Å². The van der Waals surface area contributed by atoms with E-state index in [2.05, 4.69) is 38.8 Å². The van der Waals surface area contributed by atoms with E-state index in [4.69, 9.17) is 0 Å². The molecule has 132 valence electrons. The molecule has 0 saturated carbocycles. The molecule has 0 spiro atoms. The van der Waals surface area contributed by atoms with Crippen LogP contribution in [0.25, 0.3) is 16.7 Å². The third kappa shape index (κ3) is 2.52. The second kappa shape index (κ2) is 6.25. The molecule has 0 atom stereocenters. The molecule has 7 nitrogen and oxygen atoms in total. The number of fused-ring (bicyclic) bond motifs is 2. The molecule has 4 rings (SSSR count). The molecule has 0 aliphatic heterocycles. The van der Waals surface area contributed by atoms with Crippen molar-refractivity contribution in [2.75, 3.05) is 5.32 Å². The lowest BCUT2D eigenvalue weighted by Crippen LogP contribution is -2.16. The van der Waals surface area contributed by atoms with E-state index >= 15 is 0 Å². The maximum atomic E-state index is 12.7. The van der Waals surface area contributed by atoms with Crippen LogP contribution in [0.3, 0.4) is 0 Å². The van der Waals surface area contributed by atoms with E-state index in [1.54, 1.807) is 23.0 Å². The van der Waals surface area contributed by atoms with Crippen LogP contribution in [0.1, 0.15) is 35.7 Å². The zero-order chi connectivity index (χ0) is 18.3. The Hall–Kier alpha value is -3.22. The van der Waals surface area contributed by atoms with Crippen LogP contribution >= 0.6 is 0 Å². The number of rotatable bonds is 4. The number of aryl methyl sites for hydroxylation is 3. The Kier molecular flexibility index (Phi) is 3.91. The highest BCUT2D eigenvalue weighted by atomic mass is 16.1. The Balaban J connectivity index is 1.67. The molecule has 0 fully saturated rings. The van der Waals surface area contributed by atoms with Gasteiger partial charge in [0.15, 0.2) is 5.65 Å². The van der Waals surface area contributed by atoms with Crippen molar-refractivity contribution < 1.29 is 4.79 Å². The van der Waals surface area contributed by atoms with Gasteiger partial charge in [-0.05, 0) is 32.0 Å². The summed E-state index contributed by atoms with van der Waals surface area (Å²) in [5.74, 6) is 0.840. The third-order valence-electron chi connectivity index (χ3n) is 4.62. The Labute approximate surface area is 150 Å². The van der Waals surface area contributed by atoms with Crippen LogP contribution in [-0.2, 0) is 13.0 Å². The SMILES string of the molecule is CCc1nc2cc(NC(=O)c3cnc4ccnn4c3C)ccc2n1CC. The van der Waals surface area contributed by atoms with Crippen LogP contribution in [0, 0.1) is 6.92 Å². The minimum Gasteiger partial charge on any atom is -0.328 e. The number of carbonyl (C=O) groups excluding carboxylic acids is 1. The Morgan fingerprint density at radius 1 is 1.23 bits per heavy atom. The highest BCUT2D eigenvalue weighted by Crippen LogP contribution is 2.22. The summed E-state index contributed by atoms with van der Waals surface area (Å²) in [5, 5.41) is 7.15. The minimum atomic E-state index is -0.211. The second-order valence-corrected chi connectivity index (χ2v) is 6.14. The fourth-order valence-corrected chi connectivity index (χ4v) is 3.29. The number of imidazole rings is 1. The number of nitrogens with zero attached hydrogens (tertiary/aromatic N) is 5. The maximum absolute atomic E-state index is 12.7. The van der Waals surface area contributed by atoms with Gasteiger partial charge in [0.1, 0.15) is 5.82 Å². The second-order valence-electron chi connectivity index (χ2n) is 6.14. The predicted molar refractivity (Wildman–Crippen MR) is 100 cm³/mol. The molecular weight excluding hydrogens is 328 g/mol. The fourth-order valence-electron chi connectivity index (χ4n) is 3.29. The number of carbonyl (C=O) groups is 1. The third-order valence-corrected chi connectivity index (χ3v) is 4.62. The van der Waals surface area contributed by atoms with Gasteiger partial charge in [0.05, 0.1) is 28.5 Å². The van der Waals surface area contributed by atoms with E-state index in [-0.39, 0.29) is 5.91 Å². The topological polar surface area (TPSA) is 77.1 Å². The van der Waals surface area contributed by atoms with Gasteiger partial charge in [-0.15, -0.1) is 0 Å². The average Bonchev–Trinajstić information content (AvgIpc) is 3.25. The van der Waals surface area contributed by atoms with Gasteiger partial charge in [-0.2, -0.15) is 5.10 Å². The summed E-state index contributed by atoms with van der Waals surface area (Å²) in [5.41, 5.74) is 4.65. The van der Waals surface area contributed by atoms with Crippen LogP contribution in [0.5, 0.6) is 0 Å². The molecule has 3 heterocycles. The molecule has 4 aromatic rings. The van der Waals surface area contributed by atoms with E-state index in [0.29, 0.717) is 11.3 Å². The number of hydrogen-bond acceptors (Lipinski definition) is 4. The normalized spacial score (nSPS) is 11.3. The Morgan fingerprint density at radius 3 is 2.85 bits per heavy atom. The maximum Gasteiger partial charge on any atom is 0.259 e. The van der Waals surface area contributed by atoms with E-state index in [1.165, 1.54) is 0 Å². The molecule has 0 aliphatic rings. The number of benzene rings is 1. The van der Waals surface area contributed by atoms with Gasteiger partial charge in [0.2, 0.25) is 0 Å². The molecular formula is C19H20N6O. The summed E-state index contributed by atoms with van der Waals surface area (Å²) in [6, 6.07) is 7.62.